The Labute approximate surface area is 98.7 Å². The molecule has 0 heterocycles. The molecular formula is C10H17F3N2O2. The Morgan fingerprint density at radius 1 is 1.12 bits per heavy atom. The van der Waals surface area contributed by atoms with E-state index in [9.17, 15) is 22.8 Å². The van der Waals surface area contributed by atoms with E-state index in [1.54, 1.807) is 0 Å². The van der Waals surface area contributed by atoms with Crippen LogP contribution in [0.2, 0.25) is 0 Å². The van der Waals surface area contributed by atoms with Crippen LogP contribution < -0.4 is 0 Å². The molecule has 0 aromatic heterocycles. The molecule has 0 rings (SSSR count). The number of carbonyl (C=O) groups excluding carboxylic acids is 2. The van der Waals surface area contributed by atoms with Crippen LogP contribution in [0.1, 0.15) is 13.8 Å². The molecule has 0 saturated carbocycles. The van der Waals surface area contributed by atoms with Crippen molar-refractivity contribution in [3.63, 3.8) is 0 Å². The molecule has 0 fully saturated rings. The molecule has 7 heteroatoms. The van der Waals surface area contributed by atoms with Crippen LogP contribution in [0.3, 0.4) is 0 Å². The van der Waals surface area contributed by atoms with Gasteiger partial charge in [-0.1, -0.05) is 13.8 Å². The molecule has 2 amide bonds. The lowest BCUT2D eigenvalue weighted by Crippen LogP contribution is -2.30. The van der Waals surface area contributed by atoms with Crippen LogP contribution in [0.5, 0.6) is 0 Å². The summed E-state index contributed by atoms with van der Waals surface area (Å²) in [5.74, 6) is -1.02. The minimum atomic E-state index is -4.62. The van der Waals surface area contributed by atoms with Gasteiger partial charge >= 0.3 is 6.18 Å². The fraction of sp³-hybridized carbons (Fsp3) is 0.600. The number of rotatable bonds is 3. The van der Waals surface area contributed by atoms with E-state index < -0.39 is 17.8 Å². The second kappa shape index (κ2) is 7.70. The number of alkyl halides is 3. The van der Waals surface area contributed by atoms with Crippen LogP contribution in [0, 0.1) is 0 Å². The number of likely N-dealkylation sites (N-methyl/N-ethyl adjacent to an activating group) is 1. The quantitative estimate of drug-likeness (QED) is 0.568. The molecule has 0 saturated heterocycles. The van der Waals surface area contributed by atoms with Crippen molar-refractivity contribution in [3.8, 4) is 0 Å². The number of hydrogen-bond acceptors (Lipinski definition) is 3. The van der Waals surface area contributed by atoms with Crippen molar-refractivity contribution in [2.75, 3.05) is 21.1 Å². The van der Waals surface area contributed by atoms with Crippen molar-refractivity contribution >= 4 is 12.3 Å². The van der Waals surface area contributed by atoms with Crippen LogP contribution in [0.15, 0.2) is 11.8 Å². The average molecular weight is 254 g/mol. The summed E-state index contributed by atoms with van der Waals surface area (Å²) in [5, 5.41) is 0. The van der Waals surface area contributed by atoms with E-state index in [1.165, 1.54) is 0 Å². The Kier molecular flexibility index (Phi) is 8.08. The van der Waals surface area contributed by atoms with Crippen LogP contribution in [0.4, 0.5) is 13.2 Å². The zero-order chi connectivity index (χ0) is 14.2. The highest BCUT2D eigenvalue weighted by Crippen LogP contribution is 2.26. The second-order valence-electron chi connectivity index (χ2n) is 2.98. The predicted octanol–water partition coefficient (Wildman–Crippen LogP) is 1.64. The van der Waals surface area contributed by atoms with Crippen molar-refractivity contribution in [2.24, 2.45) is 0 Å². The van der Waals surface area contributed by atoms with Crippen molar-refractivity contribution in [1.29, 1.82) is 0 Å². The zero-order valence-corrected chi connectivity index (χ0v) is 10.5. The Morgan fingerprint density at radius 3 is 1.76 bits per heavy atom. The second-order valence-corrected chi connectivity index (χ2v) is 2.98. The molecule has 0 aliphatic heterocycles. The van der Waals surface area contributed by atoms with Gasteiger partial charge in [0.05, 0.1) is 0 Å². The number of allylic oxidation sites excluding steroid dienone is 1. The number of imide groups is 1. The van der Waals surface area contributed by atoms with E-state index in [-0.39, 0.29) is 6.41 Å². The first kappa shape index (κ1) is 17.9. The first-order valence-corrected chi connectivity index (χ1v) is 4.88. The molecule has 0 radical (unpaired) electrons. The van der Waals surface area contributed by atoms with E-state index in [4.69, 9.17) is 0 Å². The third kappa shape index (κ3) is 6.60. The minimum absolute atomic E-state index is 0.141. The highest BCUT2D eigenvalue weighted by Gasteiger charge is 2.36. The number of halogens is 3. The van der Waals surface area contributed by atoms with E-state index in [1.807, 2.05) is 13.8 Å². The van der Waals surface area contributed by atoms with E-state index >= 15 is 0 Å². The highest BCUT2D eigenvalue weighted by atomic mass is 19.4. The third-order valence-electron chi connectivity index (χ3n) is 1.54. The van der Waals surface area contributed by atoms with Gasteiger partial charge in [-0.05, 0) is 0 Å². The molecule has 0 spiro atoms. The largest absolute Gasteiger partial charge is 0.431 e. The first-order valence-electron chi connectivity index (χ1n) is 4.88. The Hall–Kier alpha value is -1.53. The van der Waals surface area contributed by atoms with Crippen molar-refractivity contribution < 1.29 is 22.8 Å². The van der Waals surface area contributed by atoms with Gasteiger partial charge in [-0.2, -0.15) is 13.2 Å². The molecular weight excluding hydrogens is 237 g/mol. The maximum atomic E-state index is 12.3. The fourth-order valence-corrected chi connectivity index (χ4v) is 0.735. The molecule has 0 bridgehead atoms. The van der Waals surface area contributed by atoms with Gasteiger partial charge in [0.1, 0.15) is 5.70 Å². The first-order chi connectivity index (χ1) is 7.70. The van der Waals surface area contributed by atoms with Gasteiger partial charge in [-0.3, -0.25) is 14.5 Å². The normalized spacial score (nSPS) is 11.2. The number of nitrogens with zero attached hydrogens (tertiary/aromatic N) is 2. The summed E-state index contributed by atoms with van der Waals surface area (Å²) in [6.45, 7) is 4.00. The Bertz CT molecular complexity index is 286. The smallest absolute Gasteiger partial charge is 0.373 e. The van der Waals surface area contributed by atoms with Crippen molar-refractivity contribution in [1.82, 2.24) is 9.80 Å². The summed E-state index contributed by atoms with van der Waals surface area (Å²) in [6, 6.07) is 0. The van der Waals surface area contributed by atoms with Gasteiger partial charge in [0.25, 0.3) is 5.91 Å². The molecule has 100 valence electrons. The van der Waals surface area contributed by atoms with Gasteiger partial charge < -0.3 is 4.90 Å². The SMILES string of the molecule is CC.CN(C=O)C(=O)/C=C(\N(C)C)C(F)(F)F. The lowest BCUT2D eigenvalue weighted by molar-refractivity contribution is -0.134. The fourth-order valence-electron chi connectivity index (χ4n) is 0.735. The summed E-state index contributed by atoms with van der Waals surface area (Å²) in [7, 11) is 3.40. The Morgan fingerprint density at radius 2 is 1.53 bits per heavy atom. The molecule has 17 heavy (non-hydrogen) atoms. The number of amides is 2. The molecule has 0 aromatic rings. The zero-order valence-electron chi connectivity index (χ0n) is 10.5. The van der Waals surface area contributed by atoms with Gasteiger partial charge in [0, 0.05) is 27.2 Å². The summed E-state index contributed by atoms with van der Waals surface area (Å²) in [4.78, 5) is 22.4. The maximum Gasteiger partial charge on any atom is 0.431 e. The molecule has 0 aliphatic rings. The van der Waals surface area contributed by atoms with Crippen LogP contribution in [-0.4, -0.2) is 49.4 Å². The standard InChI is InChI=1S/C8H11F3N2O2.C2H6/c1-12(2)6(8(9,10)11)4-7(15)13(3)5-14;1-2/h4-5H,1-3H3;1-2H3/b6-4-;. The topological polar surface area (TPSA) is 40.6 Å². The van der Waals surface area contributed by atoms with E-state index in [0.29, 0.717) is 11.0 Å². The summed E-state index contributed by atoms with van der Waals surface area (Å²) in [6.07, 6.45) is -4.11. The van der Waals surface area contributed by atoms with Gasteiger partial charge in [-0.15, -0.1) is 0 Å². The number of carbonyl (C=O) groups is 2. The lowest BCUT2D eigenvalue weighted by atomic mass is 10.3. The summed E-state index contributed by atoms with van der Waals surface area (Å²) < 4.78 is 37.0. The van der Waals surface area contributed by atoms with Crippen molar-refractivity contribution in [2.45, 2.75) is 20.0 Å². The van der Waals surface area contributed by atoms with Gasteiger partial charge in [0.15, 0.2) is 0 Å². The van der Waals surface area contributed by atoms with Gasteiger partial charge in [-0.25, -0.2) is 0 Å². The van der Waals surface area contributed by atoms with Crippen LogP contribution >= 0.6 is 0 Å². The van der Waals surface area contributed by atoms with E-state index in [2.05, 4.69) is 0 Å². The summed E-state index contributed by atoms with van der Waals surface area (Å²) in [5.41, 5.74) is -1.11. The molecule has 0 atom stereocenters. The van der Waals surface area contributed by atoms with Crippen LogP contribution in [-0.2, 0) is 9.59 Å². The van der Waals surface area contributed by atoms with E-state index in [0.717, 1.165) is 26.0 Å². The molecule has 0 unspecified atom stereocenters. The number of hydrogen-bond donors (Lipinski definition) is 0. The minimum Gasteiger partial charge on any atom is -0.373 e. The molecule has 0 N–H and O–H groups in total. The monoisotopic (exact) mass is 254 g/mol. The average Bonchev–Trinajstić information content (AvgIpc) is 2.25. The predicted molar refractivity (Wildman–Crippen MR) is 58.0 cm³/mol. The molecule has 0 aromatic carbocycles. The molecule has 4 nitrogen and oxygen atoms in total. The maximum absolute atomic E-state index is 12.3. The Balaban J connectivity index is 0. The highest BCUT2D eigenvalue weighted by molar-refractivity contribution is 5.94. The van der Waals surface area contributed by atoms with Crippen molar-refractivity contribution in [3.05, 3.63) is 11.8 Å². The molecule has 0 aliphatic carbocycles. The summed E-state index contributed by atoms with van der Waals surface area (Å²) >= 11 is 0. The van der Waals surface area contributed by atoms with Gasteiger partial charge in [0.2, 0.25) is 6.41 Å². The third-order valence-corrected chi connectivity index (χ3v) is 1.54. The van der Waals surface area contributed by atoms with Crippen LogP contribution in [0.25, 0.3) is 0 Å². The lowest BCUT2D eigenvalue weighted by Gasteiger charge is -2.20.